The molecule has 1 amide bonds. The number of alkyl halides is 3. The molecule has 4 rings (SSSR count). The van der Waals surface area contributed by atoms with Crippen molar-refractivity contribution in [2.45, 2.75) is 6.36 Å². The molecule has 0 bridgehead atoms. The van der Waals surface area contributed by atoms with Crippen molar-refractivity contribution in [2.24, 2.45) is 25.9 Å². The monoisotopic (exact) mass is 567 g/mol. The zero-order valence-electron chi connectivity index (χ0n) is 21.4. The van der Waals surface area contributed by atoms with Gasteiger partial charge in [0.15, 0.2) is 5.17 Å². The summed E-state index contributed by atoms with van der Waals surface area (Å²) in [7, 11) is 3.86. The maximum atomic E-state index is 12.5. The van der Waals surface area contributed by atoms with Gasteiger partial charge in [0.1, 0.15) is 17.9 Å². The van der Waals surface area contributed by atoms with Crippen LogP contribution in [0.1, 0.15) is 11.1 Å². The number of halogens is 3. The van der Waals surface area contributed by atoms with E-state index < -0.39 is 6.36 Å². The largest absolute Gasteiger partial charge is 0.573 e. The fourth-order valence-corrected chi connectivity index (χ4v) is 4.27. The van der Waals surface area contributed by atoms with E-state index in [4.69, 9.17) is 5.73 Å². The summed E-state index contributed by atoms with van der Waals surface area (Å²) in [6.45, 7) is 0. The Bertz CT molecular complexity index is 1470. The predicted molar refractivity (Wildman–Crippen MR) is 154 cm³/mol. The topological polar surface area (TPSA) is 108 Å². The molecule has 1 heterocycles. The maximum Gasteiger partial charge on any atom is 0.573 e. The Balaban J connectivity index is 1.38. The second kappa shape index (κ2) is 12.5. The third kappa shape index (κ3) is 7.69. The Hall–Kier alpha value is -4.65. The van der Waals surface area contributed by atoms with Crippen LogP contribution in [0.2, 0.25) is 0 Å². The van der Waals surface area contributed by atoms with Gasteiger partial charge in [0.05, 0.1) is 23.3 Å². The summed E-state index contributed by atoms with van der Waals surface area (Å²) in [5.41, 5.74) is 9.47. The molecule has 0 atom stereocenters. The minimum absolute atomic E-state index is 0.0648. The van der Waals surface area contributed by atoms with Crippen molar-refractivity contribution in [1.82, 2.24) is 0 Å². The number of carbonyl (C=O) groups excluding carboxylic acids is 1. The lowest BCUT2D eigenvalue weighted by molar-refractivity contribution is -0.274. The SMILES string of the molecule is CN(C)c1cccc(N2C(=O)CS/C2=N\N=C\c2ccc(C(N)=NC=Nc3ccc(OC(F)(F)F)cc3)cc2)c1. The van der Waals surface area contributed by atoms with Crippen LogP contribution < -0.4 is 20.3 Å². The van der Waals surface area contributed by atoms with E-state index >= 15 is 0 Å². The molecular formula is C27H24F3N7O2S. The third-order valence-corrected chi connectivity index (χ3v) is 6.31. The number of nitrogens with two attached hydrogens (primary N) is 1. The fraction of sp³-hybridized carbons (Fsp3) is 0.148. The van der Waals surface area contributed by atoms with Crippen LogP contribution in [-0.2, 0) is 4.79 Å². The number of hydrogen-bond donors (Lipinski definition) is 1. The molecule has 0 saturated carbocycles. The number of aliphatic imine (C=N–C) groups is 2. The second-order valence-electron chi connectivity index (χ2n) is 8.48. The highest BCUT2D eigenvalue weighted by Crippen LogP contribution is 2.29. The summed E-state index contributed by atoms with van der Waals surface area (Å²) >= 11 is 1.32. The quantitative estimate of drug-likeness (QED) is 0.229. The normalized spacial score (nSPS) is 15.5. The lowest BCUT2D eigenvalue weighted by atomic mass is 10.1. The number of amidine groups is 2. The zero-order chi connectivity index (χ0) is 28.7. The number of rotatable bonds is 8. The number of amides is 1. The van der Waals surface area contributed by atoms with E-state index in [1.54, 1.807) is 35.4 Å². The highest BCUT2D eigenvalue weighted by atomic mass is 32.2. The van der Waals surface area contributed by atoms with E-state index in [1.165, 1.54) is 30.2 Å². The van der Waals surface area contributed by atoms with Gasteiger partial charge in [-0.3, -0.25) is 9.69 Å². The number of ether oxygens (including phenoxy) is 1. The van der Waals surface area contributed by atoms with Crippen molar-refractivity contribution in [2.75, 3.05) is 29.6 Å². The molecule has 3 aromatic carbocycles. The van der Waals surface area contributed by atoms with E-state index in [2.05, 4.69) is 24.9 Å². The molecule has 206 valence electrons. The number of anilines is 2. The van der Waals surface area contributed by atoms with Crippen LogP contribution in [0.3, 0.4) is 0 Å². The van der Waals surface area contributed by atoms with Gasteiger partial charge in [-0.2, -0.15) is 5.10 Å². The molecule has 1 fully saturated rings. The molecule has 2 N–H and O–H groups in total. The third-order valence-electron chi connectivity index (χ3n) is 5.40. The van der Waals surface area contributed by atoms with Gasteiger partial charge in [-0.05, 0) is 48.0 Å². The summed E-state index contributed by atoms with van der Waals surface area (Å²) < 4.78 is 40.6. The molecular weight excluding hydrogens is 543 g/mol. The summed E-state index contributed by atoms with van der Waals surface area (Å²) in [5.74, 6) is 0.0765. The van der Waals surface area contributed by atoms with Gasteiger partial charge in [-0.1, -0.05) is 42.1 Å². The summed E-state index contributed by atoms with van der Waals surface area (Å²) in [4.78, 5) is 24.1. The van der Waals surface area contributed by atoms with Gasteiger partial charge >= 0.3 is 6.36 Å². The van der Waals surface area contributed by atoms with Gasteiger partial charge < -0.3 is 15.4 Å². The maximum absolute atomic E-state index is 12.5. The second-order valence-corrected chi connectivity index (χ2v) is 9.42. The first kappa shape index (κ1) is 28.4. The van der Waals surface area contributed by atoms with Crippen LogP contribution in [0.4, 0.5) is 30.2 Å². The van der Waals surface area contributed by atoms with Crippen LogP contribution in [-0.4, -0.2) is 55.7 Å². The Morgan fingerprint density at radius 1 is 1.07 bits per heavy atom. The first-order valence-corrected chi connectivity index (χ1v) is 12.7. The van der Waals surface area contributed by atoms with E-state index in [-0.39, 0.29) is 23.2 Å². The molecule has 0 aliphatic carbocycles. The molecule has 13 heteroatoms. The van der Waals surface area contributed by atoms with Crippen molar-refractivity contribution in [3.63, 3.8) is 0 Å². The van der Waals surface area contributed by atoms with Crippen LogP contribution >= 0.6 is 11.8 Å². The van der Waals surface area contributed by atoms with E-state index in [1.807, 2.05) is 43.3 Å². The molecule has 0 radical (unpaired) electrons. The smallest absolute Gasteiger partial charge is 0.406 e. The number of thioether (sulfide) groups is 1. The Morgan fingerprint density at radius 3 is 2.48 bits per heavy atom. The van der Waals surface area contributed by atoms with Crippen molar-refractivity contribution >= 4 is 58.3 Å². The van der Waals surface area contributed by atoms with E-state index in [0.717, 1.165) is 29.1 Å². The van der Waals surface area contributed by atoms with Gasteiger partial charge in [-0.25, -0.2) is 9.98 Å². The van der Waals surface area contributed by atoms with Crippen LogP contribution in [0, 0.1) is 0 Å². The van der Waals surface area contributed by atoms with E-state index in [0.29, 0.717) is 16.4 Å². The standard InChI is InChI=1S/C27H24F3N7O2S/c1-36(2)21-4-3-5-22(14-21)37-24(38)16-40-26(37)35-34-15-18-6-8-19(9-7-18)25(31)33-17-32-20-10-12-23(13-11-20)39-27(28,29)30/h3-15,17H,16H2,1-2H3,(H2,31,32,33)/b34-15+,35-26-. The lowest BCUT2D eigenvalue weighted by Crippen LogP contribution is -2.29. The van der Waals surface area contributed by atoms with Crippen molar-refractivity contribution < 1.29 is 22.7 Å². The molecule has 1 aliphatic heterocycles. The molecule has 0 spiro atoms. The average Bonchev–Trinajstić information content (AvgIpc) is 3.29. The van der Waals surface area contributed by atoms with Gasteiger partial charge in [0.25, 0.3) is 0 Å². The molecule has 1 aliphatic rings. The van der Waals surface area contributed by atoms with Gasteiger partial charge in [-0.15, -0.1) is 18.3 Å². The number of nitrogens with zero attached hydrogens (tertiary/aromatic N) is 6. The summed E-state index contributed by atoms with van der Waals surface area (Å²) in [6.07, 6.45) is -1.98. The summed E-state index contributed by atoms with van der Waals surface area (Å²) in [5, 5.41) is 8.91. The van der Waals surface area contributed by atoms with Gasteiger partial charge in [0, 0.05) is 25.3 Å². The molecule has 9 nitrogen and oxygen atoms in total. The average molecular weight is 568 g/mol. The fourth-order valence-electron chi connectivity index (χ4n) is 3.45. The van der Waals surface area contributed by atoms with Crippen LogP contribution in [0.25, 0.3) is 0 Å². The van der Waals surface area contributed by atoms with Crippen LogP contribution in [0.5, 0.6) is 5.75 Å². The number of hydrogen-bond acceptors (Lipinski definition) is 7. The first-order valence-electron chi connectivity index (χ1n) is 11.8. The highest BCUT2D eigenvalue weighted by Gasteiger charge is 2.31. The van der Waals surface area contributed by atoms with Gasteiger partial charge in [0.2, 0.25) is 5.91 Å². The predicted octanol–water partition coefficient (Wildman–Crippen LogP) is 5.19. The van der Waals surface area contributed by atoms with E-state index in [9.17, 15) is 18.0 Å². The molecule has 0 aromatic heterocycles. The number of benzene rings is 3. The Labute approximate surface area is 232 Å². The highest BCUT2D eigenvalue weighted by molar-refractivity contribution is 8.15. The minimum Gasteiger partial charge on any atom is -0.406 e. The molecule has 1 saturated heterocycles. The molecule has 40 heavy (non-hydrogen) atoms. The van der Waals surface area contributed by atoms with Crippen LogP contribution in [0.15, 0.2) is 93.0 Å². The lowest BCUT2D eigenvalue weighted by Gasteiger charge is -2.18. The van der Waals surface area contributed by atoms with Crippen molar-refractivity contribution in [3.8, 4) is 5.75 Å². The Kier molecular flexibility index (Phi) is 8.84. The Morgan fingerprint density at radius 2 is 1.80 bits per heavy atom. The minimum atomic E-state index is -4.76. The zero-order valence-corrected chi connectivity index (χ0v) is 22.2. The first-order chi connectivity index (χ1) is 19.1. The summed E-state index contributed by atoms with van der Waals surface area (Å²) in [6, 6.07) is 19.7. The number of carbonyl (C=O) groups is 1. The van der Waals surface area contributed by atoms with Crippen molar-refractivity contribution in [1.29, 1.82) is 0 Å². The molecule has 3 aromatic rings. The van der Waals surface area contributed by atoms with Crippen molar-refractivity contribution in [3.05, 3.63) is 83.9 Å². The molecule has 0 unspecified atom stereocenters.